The maximum absolute atomic E-state index is 5.53. The van der Waals surface area contributed by atoms with Gasteiger partial charge in [0, 0.05) is 51.6 Å². The first-order valence-corrected chi connectivity index (χ1v) is 12.4. The van der Waals surface area contributed by atoms with Crippen molar-refractivity contribution in [2.75, 3.05) is 50.8 Å². The molecule has 2 saturated heterocycles. The standard InChI is InChI=1S/C26H42N2O.ClH/c1-3-26(4-2)13-9-23(10-14-26)24-7-5-6-8-25(24)28-17-15-27(16-18-28)21-22-11-19-29-20-12-22;/h5-8,22-23H,3-4,9-21H2,1-2H3;1H. The van der Waals surface area contributed by atoms with E-state index in [1.165, 1.54) is 89.8 Å². The predicted octanol–water partition coefficient (Wildman–Crippen LogP) is 6.12. The summed E-state index contributed by atoms with van der Waals surface area (Å²) in [6, 6.07) is 9.34. The minimum Gasteiger partial charge on any atom is -0.381 e. The predicted molar refractivity (Wildman–Crippen MR) is 130 cm³/mol. The summed E-state index contributed by atoms with van der Waals surface area (Å²) in [6.45, 7) is 12.8. The van der Waals surface area contributed by atoms with E-state index in [9.17, 15) is 0 Å². The van der Waals surface area contributed by atoms with Crippen molar-refractivity contribution in [1.82, 2.24) is 4.90 Å². The van der Waals surface area contributed by atoms with Crippen molar-refractivity contribution in [1.29, 1.82) is 0 Å². The molecule has 0 N–H and O–H groups in total. The Morgan fingerprint density at radius 2 is 1.53 bits per heavy atom. The molecule has 0 spiro atoms. The number of halogens is 1. The summed E-state index contributed by atoms with van der Waals surface area (Å²) in [4.78, 5) is 5.38. The van der Waals surface area contributed by atoms with Crippen LogP contribution in [-0.4, -0.2) is 50.8 Å². The maximum Gasteiger partial charge on any atom is 0.0469 e. The first-order chi connectivity index (χ1) is 14.2. The molecule has 1 saturated carbocycles. The fraction of sp³-hybridized carbons (Fsp3) is 0.769. The maximum atomic E-state index is 5.53. The van der Waals surface area contributed by atoms with E-state index in [0.29, 0.717) is 5.41 Å². The van der Waals surface area contributed by atoms with Gasteiger partial charge in [-0.25, -0.2) is 0 Å². The topological polar surface area (TPSA) is 15.7 Å². The molecule has 30 heavy (non-hydrogen) atoms. The summed E-state index contributed by atoms with van der Waals surface area (Å²) in [6.07, 6.45) is 10.8. The SMILES string of the molecule is CCC1(CC)CCC(c2ccccc2N2CCN(CC3CCOCC3)CC2)CC1.Cl. The largest absolute Gasteiger partial charge is 0.381 e. The highest BCUT2D eigenvalue weighted by atomic mass is 35.5. The lowest BCUT2D eigenvalue weighted by atomic mass is 9.66. The Morgan fingerprint density at radius 3 is 2.17 bits per heavy atom. The highest BCUT2D eigenvalue weighted by Crippen LogP contribution is 2.48. The molecular weight excluding hydrogens is 392 g/mol. The van der Waals surface area contributed by atoms with Gasteiger partial charge in [-0.15, -0.1) is 12.4 Å². The molecule has 3 nitrogen and oxygen atoms in total. The Kier molecular flexibility index (Phi) is 8.92. The number of hydrogen-bond donors (Lipinski definition) is 0. The molecular formula is C26H43ClN2O. The Hall–Kier alpha value is -0.770. The molecule has 0 bridgehead atoms. The molecule has 1 aromatic carbocycles. The van der Waals surface area contributed by atoms with Gasteiger partial charge in [0.05, 0.1) is 0 Å². The summed E-state index contributed by atoms with van der Waals surface area (Å²) in [7, 11) is 0. The third kappa shape index (κ3) is 5.53. The summed E-state index contributed by atoms with van der Waals surface area (Å²) in [5.41, 5.74) is 3.79. The van der Waals surface area contributed by atoms with Crippen LogP contribution in [0.5, 0.6) is 0 Å². The molecule has 170 valence electrons. The molecule has 0 amide bonds. The number of ether oxygens (including phenoxy) is 1. The molecule has 0 radical (unpaired) electrons. The average molecular weight is 435 g/mol. The molecule has 4 rings (SSSR count). The van der Waals surface area contributed by atoms with E-state index >= 15 is 0 Å². The molecule has 0 atom stereocenters. The second-order valence-corrected chi connectivity index (χ2v) is 9.88. The van der Waals surface area contributed by atoms with E-state index in [4.69, 9.17) is 4.74 Å². The van der Waals surface area contributed by atoms with E-state index < -0.39 is 0 Å². The van der Waals surface area contributed by atoms with Crippen LogP contribution in [0.2, 0.25) is 0 Å². The van der Waals surface area contributed by atoms with Gasteiger partial charge in [0.25, 0.3) is 0 Å². The van der Waals surface area contributed by atoms with Crippen molar-refractivity contribution in [3.63, 3.8) is 0 Å². The Balaban J connectivity index is 0.00000256. The van der Waals surface area contributed by atoms with Crippen LogP contribution in [-0.2, 0) is 4.74 Å². The molecule has 2 aliphatic heterocycles. The molecule has 2 heterocycles. The van der Waals surface area contributed by atoms with Gasteiger partial charge >= 0.3 is 0 Å². The number of para-hydroxylation sites is 1. The zero-order valence-electron chi connectivity index (χ0n) is 19.3. The summed E-state index contributed by atoms with van der Waals surface area (Å²) < 4.78 is 5.53. The number of hydrogen-bond acceptors (Lipinski definition) is 3. The zero-order chi connectivity index (χ0) is 20.1. The van der Waals surface area contributed by atoms with E-state index in [1.807, 2.05) is 0 Å². The lowest BCUT2D eigenvalue weighted by Gasteiger charge is -2.42. The second kappa shape index (κ2) is 11.2. The molecule has 4 heteroatoms. The highest BCUT2D eigenvalue weighted by molar-refractivity contribution is 5.85. The lowest BCUT2D eigenvalue weighted by Crippen LogP contribution is -2.48. The summed E-state index contributed by atoms with van der Waals surface area (Å²) in [5.74, 6) is 1.61. The van der Waals surface area contributed by atoms with Crippen molar-refractivity contribution in [2.45, 2.75) is 71.1 Å². The molecule has 0 unspecified atom stereocenters. The van der Waals surface area contributed by atoms with Crippen molar-refractivity contribution in [3.8, 4) is 0 Å². The van der Waals surface area contributed by atoms with Crippen LogP contribution >= 0.6 is 12.4 Å². The Bertz CT molecular complexity index is 624. The minimum atomic E-state index is 0. The van der Waals surface area contributed by atoms with E-state index in [0.717, 1.165) is 25.0 Å². The molecule has 1 aliphatic carbocycles. The highest BCUT2D eigenvalue weighted by Gasteiger charge is 2.34. The van der Waals surface area contributed by atoms with Crippen molar-refractivity contribution < 1.29 is 4.74 Å². The van der Waals surface area contributed by atoms with Gasteiger partial charge in [-0.05, 0) is 67.4 Å². The van der Waals surface area contributed by atoms with Gasteiger partial charge in [-0.1, -0.05) is 44.9 Å². The normalized spacial score (nSPS) is 23.9. The second-order valence-electron chi connectivity index (χ2n) is 9.88. The number of nitrogens with zero attached hydrogens (tertiary/aromatic N) is 2. The summed E-state index contributed by atoms with van der Waals surface area (Å²) in [5, 5.41) is 0. The first-order valence-electron chi connectivity index (χ1n) is 12.4. The van der Waals surface area contributed by atoms with Crippen LogP contribution in [0.25, 0.3) is 0 Å². The van der Waals surface area contributed by atoms with Gasteiger partial charge in [-0.2, -0.15) is 0 Å². The van der Waals surface area contributed by atoms with Gasteiger partial charge in [0.15, 0.2) is 0 Å². The van der Waals surface area contributed by atoms with Crippen LogP contribution in [0.3, 0.4) is 0 Å². The molecule has 1 aromatic rings. The van der Waals surface area contributed by atoms with E-state index in [1.54, 1.807) is 5.56 Å². The molecule has 3 fully saturated rings. The molecule has 3 aliphatic rings. The number of piperazine rings is 1. The van der Waals surface area contributed by atoms with E-state index in [2.05, 4.69) is 47.9 Å². The van der Waals surface area contributed by atoms with Crippen LogP contribution in [0, 0.1) is 11.3 Å². The van der Waals surface area contributed by atoms with Gasteiger partial charge in [0.2, 0.25) is 0 Å². The smallest absolute Gasteiger partial charge is 0.0469 e. The lowest BCUT2D eigenvalue weighted by molar-refractivity contribution is 0.0517. The third-order valence-corrected chi connectivity index (χ3v) is 8.49. The first kappa shape index (κ1) is 23.9. The quantitative estimate of drug-likeness (QED) is 0.536. The van der Waals surface area contributed by atoms with Gasteiger partial charge in [0.1, 0.15) is 0 Å². The Morgan fingerprint density at radius 1 is 0.900 bits per heavy atom. The monoisotopic (exact) mass is 434 g/mol. The van der Waals surface area contributed by atoms with Crippen molar-refractivity contribution >= 4 is 18.1 Å². The fourth-order valence-corrected chi connectivity index (χ4v) is 6.08. The van der Waals surface area contributed by atoms with E-state index in [-0.39, 0.29) is 12.4 Å². The van der Waals surface area contributed by atoms with Gasteiger partial charge in [-0.3, -0.25) is 4.90 Å². The Labute approximate surface area is 190 Å². The number of rotatable bonds is 6. The average Bonchev–Trinajstić information content (AvgIpc) is 2.80. The fourth-order valence-electron chi connectivity index (χ4n) is 6.08. The van der Waals surface area contributed by atoms with Crippen LogP contribution in [0.4, 0.5) is 5.69 Å². The minimum absolute atomic E-state index is 0. The number of benzene rings is 1. The molecule has 0 aromatic heterocycles. The summed E-state index contributed by atoms with van der Waals surface area (Å²) >= 11 is 0. The number of anilines is 1. The van der Waals surface area contributed by atoms with Gasteiger partial charge < -0.3 is 9.64 Å². The van der Waals surface area contributed by atoms with Crippen LogP contribution in [0.1, 0.15) is 76.7 Å². The van der Waals surface area contributed by atoms with Crippen molar-refractivity contribution in [3.05, 3.63) is 29.8 Å². The van der Waals surface area contributed by atoms with Crippen LogP contribution in [0.15, 0.2) is 24.3 Å². The third-order valence-electron chi connectivity index (χ3n) is 8.49. The van der Waals surface area contributed by atoms with Crippen LogP contribution < -0.4 is 4.90 Å². The van der Waals surface area contributed by atoms with Crippen molar-refractivity contribution in [2.24, 2.45) is 11.3 Å². The zero-order valence-corrected chi connectivity index (χ0v) is 20.1.